The van der Waals surface area contributed by atoms with Crippen LogP contribution in [-0.4, -0.2) is 19.9 Å². The highest BCUT2D eigenvalue weighted by atomic mass is 35.5. The number of aromatic nitrogens is 4. The third-order valence-corrected chi connectivity index (χ3v) is 4.30. The molecule has 130 valence electrons. The fourth-order valence-corrected chi connectivity index (χ4v) is 2.95. The van der Waals surface area contributed by atoms with Crippen LogP contribution in [0.15, 0.2) is 65.3 Å². The first-order chi connectivity index (χ1) is 12.7. The second kappa shape index (κ2) is 7.15. The molecule has 0 aliphatic heterocycles. The first kappa shape index (κ1) is 16.6. The van der Waals surface area contributed by atoms with Gasteiger partial charge in [0.2, 0.25) is 4.77 Å². The molecule has 4 rings (SSSR count). The normalized spacial score (nSPS) is 10.8. The van der Waals surface area contributed by atoms with E-state index in [-0.39, 0.29) is 0 Å². The Hall–Kier alpha value is -2.90. The summed E-state index contributed by atoms with van der Waals surface area (Å²) < 4.78 is 8.08. The van der Waals surface area contributed by atoms with Crippen LogP contribution in [-0.2, 0) is 6.54 Å². The van der Waals surface area contributed by atoms with Crippen molar-refractivity contribution in [2.24, 2.45) is 0 Å². The lowest BCUT2D eigenvalue weighted by Gasteiger charge is -2.08. The zero-order chi connectivity index (χ0) is 17.9. The van der Waals surface area contributed by atoms with Crippen molar-refractivity contribution in [1.29, 1.82) is 0 Å². The van der Waals surface area contributed by atoms with Gasteiger partial charge in [0, 0.05) is 28.5 Å². The van der Waals surface area contributed by atoms with E-state index in [1.54, 1.807) is 17.1 Å². The van der Waals surface area contributed by atoms with E-state index < -0.39 is 0 Å². The highest BCUT2D eigenvalue weighted by Gasteiger charge is 2.10. The fraction of sp³-hybridized carbons (Fsp3) is 0.0556. The lowest BCUT2D eigenvalue weighted by atomic mass is 10.2. The number of furan rings is 1. The van der Waals surface area contributed by atoms with Crippen molar-refractivity contribution in [3.8, 4) is 22.7 Å². The molecule has 0 aliphatic rings. The summed E-state index contributed by atoms with van der Waals surface area (Å²) in [4.78, 5) is 4.02. The van der Waals surface area contributed by atoms with Crippen LogP contribution in [0, 0.1) is 4.77 Å². The van der Waals surface area contributed by atoms with Gasteiger partial charge in [0.1, 0.15) is 11.5 Å². The van der Waals surface area contributed by atoms with Gasteiger partial charge < -0.3 is 9.84 Å². The number of halogens is 1. The Morgan fingerprint density at radius 3 is 2.77 bits per heavy atom. The molecule has 3 aromatic heterocycles. The van der Waals surface area contributed by atoms with E-state index in [0.29, 0.717) is 22.2 Å². The summed E-state index contributed by atoms with van der Waals surface area (Å²) in [5.74, 6) is 2.21. The summed E-state index contributed by atoms with van der Waals surface area (Å²) in [7, 11) is 0. The Morgan fingerprint density at radius 1 is 1.12 bits per heavy atom. The Bertz CT molecular complexity index is 1090. The van der Waals surface area contributed by atoms with Crippen molar-refractivity contribution >= 4 is 23.8 Å². The molecule has 0 saturated heterocycles. The van der Waals surface area contributed by atoms with E-state index in [9.17, 15) is 0 Å². The van der Waals surface area contributed by atoms with Crippen LogP contribution in [0.5, 0.6) is 0 Å². The lowest BCUT2D eigenvalue weighted by molar-refractivity contribution is 0.523. The molecule has 2 N–H and O–H groups in total. The van der Waals surface area contributed by atoms with Gasteiger partial charge in [-0.2, -0.15) is 5.10 Å². The zero-order valence-corrected chi connectivity index (χ0v) is 15.1. The molecule has 0 saturated carbocycles. The SMILES string of the molecule is S=c1[nH]nc(-c2ccncc2)n1NCc1ccc(-c2cccc(Cl)c2)o1. The maximum atomic E-state index is 6.04. The number of aromatic amines is 1. The molecule has 0 fully saturated rings. The van der Waals surface area contributed by atoms with E-state index in [1.807, 2.05) is 48.5 Å². The first-order valence-electron chi connectivity index (χ1n) is 7.87. The average molecular weight is 384 g/mol. The Kier molecular flexibility index (Phi) is 4.55. The van der Waals surface area contributed by atoms with Gasteiger partial charge >= 0.3 is 0 Å². The lowest BCUT2D eigenvalue weighted by Crippen LogP contribution is -2.15. The molecule has 0 radical (unpaired) electrons. The molecular weight excluding hydrogens is 370 g/mol. The smallest absolute Gasteiger partial charge is 0.214 e. The van der Waals surface area contributed by atoms with E-state index in [4.69, 9.17) is 28.2 Å². The molecule has 0 atom stereocenters. The molecule has 6 nitrogen and oxygen atoms in total. The molecule has 0 unspecified atom stereocenters. The average Bonchev–Trinajstić information content (AvgIpc) is 3.27. The second-order valence-electron chi connectivity index (χ2n) is 5.53. The first-order valence-corrected chi connectivity index (χ1v) is 8.66. The van der Waals surface area contributed by atoms with Gasteiger partial charge in [-0.05, 0) is 48.6 Å². The number of hydrogen-bond acceptors (Lipinski definition) is 5. The summed E-state index contributed by atoms with van der Waals surface area (Å²) in [5.41, 5.74) is 5.06. The van der Waals surface area contributed by atoms with E-state index >= 15 is 0 Å². The van der Waals surface area contributed by atoms with Gasteiger partial charge in [-0.15, -0.1) is 0 Å². The monoisotopic (exact) mass is 383 g/mol. The van der Waals surface area contributed by atoms with Crippen LogP contribution >= 0.6 is 23.8 Å². The van der Waals surface area contributed by atoms with Crippen molar-refractivity contribution in [2.45, 2.75) is 6.54 Å². The van der Waals surface area contributed by atoms with Crippen LogP contribution in [0.3, 0.4) is 0 Å². The van der Waals surface area contributed by atoms with Gasteiger partial charge in [0.25, 0.3) is 0 Å². The molecule has 26 heavy (non-hydrogen) atoms. The predicted octanol–water partition coefficient (Wildman–Crippen LogP) is 4.66. The minimum atomic E-state index is 0.451. The predicted molar refractivity (Wildman–Crippen MR) is 103 cm³/mol. The van der Waals surface area contributed by atoms with E-state index in [1.165, 1.54) is 0 Å². The van der Waals surface area contributed by atoms with Crippen LogP contribution in [0.4, 0.5) is 0 Å². The van der Waals surface area contributed by atoms with Crippen molar-refractivity contribution < 1.29 is 4.42 Å². The third kappa shape index (κ3) is 3.40. The van der Waals surface area contributed by atoms with Gasteiger partial charge in [-0.25, -0.2) is 9.77 Å². The van der Waals surface area contributed by atoms with E-state index in [2.05, 4.69) is 20.6 Å². The molecule has 3 heterocycles. The summed E-state index contributed by atoms with van der Waals surface area (Å²) in [6.07, 6.45) is 3.42. The van der Waals surface area contributed by atoms with Crippen LogP contribution < -0.4 is 5.43 Å². The number of H-pyrrole nitrogens is 1. The van der Waals surface area contributed by atoms with Gasteiger partial charge in [-0.1, -0.05) is 23.7 Å². The Balaban J connectivity index is 1.54. The highest BCUT2D eigenvalue weighted by Crippen LogP contribution is 2.25. The Morgan fingerprint density at radius 2 is 1.96 bits per heavy atom. The largest absolute Gasteiger partial charge is 0.459 e. The van der Waals surface area contributed by atoms with Gasteiger partial charge in [0.05, 0.1) is 6.54 Å². The second-order valence-corrected chi connectivity index (χ2v) is 6.36. The van der Waals surface area contributed by atoms with Crippen LogP contribution in [0.2, 0.25) is 5.02 Å². The van der Waals surface area contributed by atoms with Crippen molar-refractivity contribution in [1.82, 2.24) is 19.9 Å². The molecule has 1 aromatic carbocycles. The van der Waals surface area contributed by atoms with Gasteiger partial charge in [0.15, 0.2) is 5.82 Å². The number of nitrogens with zero attached hydrogens (tertiary/aromatic N) is 3. The van der Waals surface area contributed by atoms with Crippen molar-refractivity contribution in [3.05, 3.63) is 76.5 Å². The zero-order valence-electron chi connectivity index (χ0n) is 13.5. The minimum Gasteiger partial charge on any atom is -0.459 e. The quantitative estimate of drug-likeness (QED) is 0.490. The highest BCUT2D eigenvalue weighted by molar-refractivity contribution is 7.71. The number of nitrogens with one attached hydrogen (secondary N) is 2. The maximum absolute atomic E-state index is 6.04. The summed E-state index contributed by atoms with van der Waals surface area (Å²) in [5, 5.41) is 7.74. The maximum Gasteiger partial charge on any atom is 0.214 e. The van der Waals surface area contributed by atoms with Crippen molar-refractivity contribution in [2.75, 3.05) is 5.43 Å². The molecule has 0 spiro atoms. The number of benzene rings is 1. The summed E-state index contributed by atoms with van der Waals surface area (Å²) >= 11 is 11.3. The molecular formula is C18H14ClN5OS. The van der Waals surface area contributed by atoms with E-state index in [0.717, 1.165) is 22.6 Å². The standard InChI is InChI=1S/C18H14ClN5OS/c19-14-3-1-2-13(10-14)16-5-4-15(25-16)11-21-24-17(22-23-18(24)26)12-6-8-20-9-7-12/h1-10,21H,11H2,(H,23,26). The minimum absolute atomic E-state index is 0.451. The molecule has 0 aliphatic carbocycles. The number of hydrogen-bond donors (Lipinski definition) is 2. The Labute approximate surface area is 159 Å². The topological polar surface area (TPSA) is 71.7 Å². The molecule has 0 amide bonds. The van der Waals surface area contributed by atoms with Crippen LogP contribution in [0.25, 0.3) is 22.7 Å². The third-order valence-electron chi connectivity index (χ3n) is 3.79. The van der Waals surface area contributed by atoms with Gasteiger partial charge in [-0.3, -0.25) is 4.98 Å². The number of pyridine rings is 1. The molecule has 0 bridgehead atoms. The van der Waals surface area contributed by atoms with Crippen LogP contribution in [0.1, 0.15) is 5.76 Å². The fourth-order valence-electron chi connectivity index (χ4n) is 2.57. The van der Waals surface area contributed by atoms with Crippen molar-refractivity contribution in [3.63, 3.8) is 0 Å². The number of rotatable bonds is 5. The summed E-state index contributed by atoms with van der Waals surface area (Å²) in [6, 6.07) is 15.1. The summed E-state index contributed by atoms with van der Waals surface area (Å²) in [6.45, 7) is 0.451. The molecule has 8 heteroatoms. The molecule has 4 aromatic rings.